The van der Waals surface area contributed by atoms with Crippen molar-refractivity contribution in [2.45, 2.75) is 0 Å². The molecule has 2 aromatic heterocycles. The molecule has 0 aliphatic carbocycles. The van der Waals surface area contributed by atoms with Crippen LogP contribution < -0.4 is 5.56 Å². The van der Waals surface area contributed by atoms with Crippen LogP contribution >= 0.6 is 11.6 Å². The number of benzene rings is 1. The van der Waals surface area contributed by atoms with Crippen LogP contribution in [0.2, 0.25) is 0 Å². The third-order valence-corrected chi connectivity index (χ3v) is 3.66. The maximum absolute atomic E-state index is 12.2. The van der Waals surface area contributed by atoms with Crippen molar-refractivity contribution >= 4 is 39.6 Å². The number of methoxy groups -OCH3 is 1. The van der Waals surface area contributed by atoms with Gasteiger partial charge in [0.25, 0.3) is 5.56 Å². The van der Waals surface area contributed by atoms with Gasteiger partial charge in [-0.2, -0.15) is 5.10 Å². The highest BCUT2D eigenvalue weighted by atomic mass is 35.5. The molecule has 0 aliphatic heterocycles. The van der Waals surface area contributed by atoms with Crippen LogP contribution in [0, 0.1) is 0 Å². The van der Waals surface area contributed by atoms with Crippen molar-refractivity contribution in [1.29, 1.82) is 0 Å². The Hall–Kier alpha value is -2.93. The highest BCUT2D eigenvalue weighted by molar-refractivity contribution is 6.50. The Labute approximate surface area is 141 Å². The number of esters is 1. The van der Waals surface area contributed by atoms with E-state index in [9.17, 15) is 9.59 Å². The van der Waals surface area contributed by atoms with Gasteiger partial charge in [0, 0.05) is 18.8 Å². The number of aromatic amines is 1. The molecule has 0 atom stereocenters. The van der Waals surface area contributed by atoms with Crippen LogP contribution in [-0.2, 0) is 11.8 Å². The number of fused-ring (bicyclic) bond motifs is 1. The zero-order valence-electron chi connectivity index (χ0n) is 12.9. The summed E-state index contributed by atoms with van der Waals surface area (Å²) in [4.78, 5) is 30.8. The van der Waals surface area contributed by atoms with Crippen molar-refractivity contribution in [3.63, 3.8) is 0 Å². The van der Waals surface area contributed by atoms with Crippen molar-refractivity contribution in [1.82, 2.24) is 19.7 Å². The number of hydrogen-bond acceptors (Lipinski definition) is 5. The molecule has 0 amide bonds. The van der Waals surface area contributed by atoms with Gasteiger partial charge in [-0.15, -0.1) is 0 Å². The molecule has 0 saturated carbocycles. The number of ether oxygens (including phenoxy) is 1. The lowest BCUT2D eigenvalue weighted by Gasteiger charge is -2.04. The van der Waals surface area contributed by atoms with E-state index in [4.69, 9.17) is 11.6 Å². The number of H-pyrrole nitrogens is 1. The van der Waals surface area contributed by atoms with Crippen LogP contribution in [0.5, 0.6) is 0 Å². The van der Waals surface area contributed by atoms with Gasteiger partial charge in [-0.3, -0.25) is 9.48 Å². The van der Waals surface area contributed by atoms with Gasteiger partial charge >= 0.3 is 5.97 Å². The Balaban J connectivity index is 2.10. The smallest absolute Gasteiger partial charge is 0.337 e. The molecule has 3 rings (SSSR count). The first-order chi connectivity index (χ1) is 11.5. The maximum Gasteiger partial charge on any atom is 0.337 e. The lowest BCUT2D eigenvalue weighted by Crippen LogP contribution is -2.11. The van der Waals surface area contributed by atoms with Crippen molar-refractivity contribution in [2.24, 2.45) is 7.05 Å². The first-order valence-electron chi connectivity index (χ1n) is 6.96. The van der Waals surface area contributed by atoms with Crippen molar-refractivity contribution < 1.29 is 9.53 Å². The zero-order chi connectivity index (χ0) is 17.3. The predicted octanol–water partition coefficient (Wildman–Crippen LogP) is 2.18. The van der Waals surface area contributed by atoms with E-state index in [0.717, 1.165) is 5.56 Å². The summed E-state index contributed by atoms with van der Waals surface area (Å²) < 4.78 is 6.31. The average molecular weight is 345 g/mol. The minimum absolute atomic E-state index is 0.208. The third kappa shape index (κ3) is 3.07. The fourth-order valence-corrected chi connectivity index (χ4v) is 2.44. The molecule has 1 aromatic carbocycles. The Morgan fingerprint density at radius 1 is 1.42 bits per heavy atom. The largest absolute Gasteiger partial charge is 0.465 e. The molecular weight excluding hydrogens is 332 g/mol. The summed E-state index contributed by atoms with van der Waals surface area (Å²) in [6.45, 7) is 0. The average Bonchev–Trinajstić information content (AvgIpc) is 2.98. The second kappa shape index (κ2) is 6.29. The zero-order valence-corrected chi connectivity index (χ0v) is 13.7. The van der Waals surface area contributed by atoms with E-state index in [1.165, 1.54) is 25.3 Å². The van der Waals surface area contributed by atoms with Crippen LogP contribution in [0.1, 0.15) is 21.7 Å². The molecule has 7 nitrogen and oxygen atoms in total. The fraction of sp³-hybridized carbons (Fsp3) is 0.125. The molecule has 0 saturated heterocycles. The second-order valence-electron chi connectivity index (χ2n) is 5.08. The van der Waals surface area contributed by atoms with E-state index in [0.29, 0.717) is 16.5 Å². The van der Waals surface area contributed by atoms with E-state index in [-0.39, 0.29) is 16.4 Å². The summed E-state index contributed by atoms with van der Waals surface area (Å²) in [7, 11) is 3.08. The normalized spacial score (nSPS) is 11.7. The van der Waals surface area contributed by atoms with Crippen molar-refractivity contribution in [2.75, 3.05) is 7.11 Å². The summed E-state index contributed by atoms with van der Waals surface area (Å²) >= 11 is 6.25. The minimum atomic E-state index is -0.502. The number of halogens is 1. The van der Waals surface area contributed by atoms with E-state index < -0.39 is 5.97 Å². The van der Waals surface area contributed by atoms with Crippen molar-refractivity contribution in [3.05, 3.63) is 57.9 Å². The molecule has 0 spiro atoms. The van der Waals surface area contributed by atoms with Gasteiger partial charge in [0.05, 0.1) is 34.8 Å². The standard InChI is InChI=1S/C16H13ClN4O3/c1-21-8-9(7-18-21)5-12(17)14-19-13-6-10(16(23)24-2)3-4-11(13)15(22)20-14/h3-8H,1-2H3,(H,19,20,22). The first kappa shape index (κ1) is 15.9. The number of nitrogens with zero attached hydrogens (tertiary/aromatic N) is 3. The van der Waals surface area contributed by atoms with Gasteiger partial charge in [-0.05, 0) is 24.3 Å². The SMILES string of the molecule is COC(=O)c1ccc2c(=O)[nH]c(C(Cl)=Cc3cnn(C)c3)nc2c1. The predicted molar refractivity (Wildman–Crippen MR) is 90.6 cm³/mol. The summed E-state index contributed by atoms with van der Waals surface area (Å²) in [6, 6.07) is 4.53. The van der Waals surface area contributed by atoms with Gasteiger partial charge in [0.1, 0.15) is 0 Å². The number of aryl methyl sites for hydroxylation is 1. The molecule has 0 radical (unpaired) electrons. The maximum atomic E-state index is 12.2. The number of hydrogen-bond donors (Lipinski definition) is 1. The molecular formula is C16H13ClN4O3. The number of carbonyl (C=O) groups is 1. The van der Waals surface area contributed by atoms with Crippen LogP contribution in [0.3, 0.4) is 0 Å². The minimum Gasteiger partial charge on any atom is -0.465 e. The van der Waals surface area contributed by atoms with Gasteiger partial charge in [0.2, 0.25) is 0 Å². The lowest BCUT2D eigenvalue weighted by atomic mass is 10.1. The molecule has 0 unspecified atom stereocenters. The van der Waals surface area contributed by atoms with E-state index in [2.05, 4.69) is 19.8 Å². The molecule has 0 fully saturated rings. The van der Waals surface area contributed by atoms with Gasteiger partial charge in [-0.25, -0.2) is 9.78 Å². The van der Waals surface area contributed by atoms with Gasteiger partial charge < -0.3 is 9.72 Å². The molecule has 3 aromatic rings. The van der Waals surface area contributed by atoms with E-state index in [1.54, 1.807) is 30.2 Å². The first-order valence-corrected chi connectivity index (χ1v) is 7.34. The Kier molecular flexibility index (Phi) is 4.18. The fourth-order valence-electron chi connectivity index (χ4n) is 2.23. The molecule has 1 N–H and O–H groups in total. The molecule has 0 bridgehead atoms. The number of nitrogens with one attached hydrogen (secondary N) is 1. The monoisotopic (exact) mass is 344 g/mol. The van der Waals surface area contributed by atoms with E-state index >= 15 is 0 Å². The third-order valence-electron chi connectivity index (χ3n) is 3.37. The Bertz CT molecular complexity index is 1020. The number of aromatic nitrogens is 4. The van der Waals surface area contributed by atoms with Crippen LogP contribution in [-0.4, -0.2) is 32.8 Å². The summed E-state index contributed by atoms with van der Waals surface area (Å²) in [6.07, 6.45) is 5.05. The van der Waals surface area contributed by atoms with E-state index in [1.807, 2.05) is 0 Å². The number of rotatable bonds is 3. The van der Waals surface area contributed by atoms with Crippen LogP contribution in [0.4, 0.5) is 0 Å². The van der Waals surface area contributed by atoms with Gasteiger partial charge in [-0.1, -0.05) is 11.6 Å². The lowest BCUT2D eigenvalue weighted by molar-refractivity contribution is 0.0601. The Morgan fingerprint density at radius 2 is 2.21 bits per heavy atom. The highest BCUT2D eigenvalue weighted by Crippen LogP contribution is 2.20. The van der Waals surface area contributed by atoms with Crippen molar-refractivity contribution in [3.8, 4) is 0 Å². The summed E-state index contributed by atoms with van der Waals surface area (Å²) in [5, 5.41) is 4.65. The molecule has 0 aliphatic rings. The Morgan fingerprint density at radius 3 is 2.88 bits per heavy atom. The highest BCUT2D eigenvalue weighted by Gasteiger charge is 2.11. The number of carbonyl (C=O) groups excluding carboxylic acids is 1. The topological polar surface area (TPSA) is 89.9 Å². The molecule has 24 heavy (non-hydrogen) atoms. The summed E-state index contributed by atoms with van der Waals surface area (Å²) in [5.74, 6) is -0.294. The second-order valence-corrected chi connectivity index (χ2v) is 5.48. The van der Waals surface area contributed by atoms with Crippen LogP contribution in [0.25, 0.3) is 22.0 Å². The molecule has 122 valence electrons. The molecule has 2 heterocycles. The molecule has 8 heteroatoms. The van der Waals surface area contributed by atoms with Gasteiger partial charge in [0.15, 0.2) is 5.82 Å². The quantitative estimate of drug-likeness (QED) is 0.735. The van der Waals surface area contributed by atoms with Crippen LogP contribution in [0.15, 0.2) is 35.4 Å². The summed E-state index contributed by atoms with van der Waals surface area (Å²) in [5.41, 5.74) is 1.09.